The minimum Gasteiger partial charge on any atom is -0.397 e. The van der Waals surface area contributed by atoms with Gasteiger partial charge in [-0.2, -0.15) is 0 Å². The molecule has 2 amide bonds. The van der Waals surface area contributed by atoms with Crippen molar-refractivity contribution in [2.75, 3.05) is 23.7 Å². The van der Waals surface area contributed by atoms with Gasteiger partial charge in [0.2, 0.25) is 0 Å². The van der Waals surface area contributed by atoms with Gasteiger partial charge < -0.3 is 10.6 Å². The number of hydroxylamine groups is 2. The Morgan fingerprint density at radius 3 is 2.45 bits per heavy atom. The lowest BCUT2D eigenvalue weighted by molar-refractivity contribution is -0.0377. The zero-order valence-electron chi connectivity index (χ0n) is 11.9. The van der Waals surface area contributed by atoms with Gasteiger partial charge in [0.05, 0.1) is 22.5 Å². The van der Waals surface area contributed by atoms with Crippen molar-refractivity contribution in [3.63, 3.8) is 0 Å². The molecule has 0 unspecified atom stereocenters. The number of nitrogens with two attached hydrogens (primary N) is 1. The van der Waals surface area contributed by atoms with Crippen LogP contribution < -0.4 is 10.6 Å². The maximum atomic E-state index is 12.2. The molecule has 2 aliphatic rings. The fourth-order valence-electron chi connectivity index (χ4n) is 3.45. The van der Waals surface area contributed by atoms with Gasteiger partial charge in [-0.1, -0.05) is 12.1 Å². The second-order valence-corrected chi connectivity index (χ2v) is 5.71. The van der Waals surface area contributed by atoms with Crippen LogP contribution in [-0.4, -0.2) is 35.2 Å². The fourth-order valence-corrected chi connectivity index (χ4v) is 3.45. The van der Waals surface area contributed by atoms with E-state index in [0.29, 0.717) is 16.6 Å². The van der Waals surface area contributed by atoms with Crippen LogP contribution in [0.2, 0.25) is 0 Å². The summed E-state index contributed by atoms with van der Waals surface area (Å²) in [6, 6.07) is 6.81. The van der Waals surface area contributed by atoms with E-state index in [2.05, 4.69) is 4.90 Å². The molecule has 0 radical (unpaired) electrons. The van der Waals surface area contributed by atoms with Gasteiger partial charge in [0.25, 0.3) is 11.8 Å². The van der Waals surface area contributed by atoms with Crippen molar-refractivity contribution in [2.45, 2.75) is 12.8 Å². The highest BCUT2D eigenvalue weighted by Gasteiger charge is 2.34. The zero-order chi connectivity index (χ0) is 15.4. The molecule has 2 aliphatic heterocycles. The normalized spacial score (nSPS) is 17.7. The van der Waals surface area contributed by atoms with Gasteiger partial charge in [0.15, 0.2) is 0 Å². The lowest BCUT2D eigenvalue weighted by Crippen LogP contribution is -2.37. The van der Waals surface area contributed by atoms with Crippen LogP contribution in [0.25, 0.3) is 10.8 Å². The molecule has 2 aromatic rings. The first-order valence-corrected chi connectivity index (χ1v) is 7.27. The van der Waals surface area contributed by atoms with Crippen molar-refractivity contribution in [3.8, 4) is 0 Å². The predicted octanol–water partition coefficient (Wildman–Crippen LogP) is 2.01. The molecule has 0 aliphatic carbocycles. The van der Waals surface area contributed by atoms with E-state index in [1.165, 1.54) is 0 Å². The Balaban J connectivity index is 2.09. The molecule has 6 nitrogen and oxygen atoms in total. The third kappa shape index (κ3) is 1.58. The van der Waals surface area contributed by atoms with Crippen LogP contribution in [0.4, 0.5) is 11.4 Å². The van der Waals surface area contributed by atoms with Crippen LogP contribution in [0.15, 0.2) is 24.3 Å². The molecular formula is C16H15N3O3. The van der Waals surface area contributed by atoms with Gasteiger partial charge in [0, 0.05) is 23.9 Å². The molecule has 1 saturated heterocycles. The van der Waals surface area contributed by atoms with Crippen molar-refractivity contribution in [2.24, 2.45) is 0 Å². The Hall–Kier alpha value is -2.60. The maximum absolute atomic E-state index is 12.2. The molecule has 0 saturated carbocycles. The van der Waals surface area contributed by atoms with Crippen molar-refractivity contribution < 1.29 is 14.8 Å². The first-order chi connectivity index (χ1) is 10.6. The molecule has 1 fully saturated rings. The van der Waals surface area contributed by atoms with Crippen LogP contribution in [-0.2, 0) is 0 Å². The maximum Gasteiger partial charge on any atom is 0.285 e. The first-order valence-electron chi connectivity index (χ1n) is 7.27. The number of nitrogens with zero attached hydrogens (tertiary/aromatic N) is 2. The topological polar surface area (TPSA) is 86.9 Å². The molecule has 0 spiro atoms. The average Bonchev–Trinajstić information content (AvgIpc) is 3.04. The van der Waals surface area contributed by atoms with Crippen molar-refractivity contribution in [3.05, 3.63) is 35.4 Å². The summed E-state index contributed by atoms with van der Waals surface area (Å²) in [5.41, 5.74) is 8.16. The highest BCUT2D eigenvalue weighted by molar-refractivity contribution is 6.27. The van der Waals surface area contributed by atoms with Crippen LogP contribution in [0.3, 0.4) is 0 Å². The summed E-state index contributed by atoms with van der Waals surface area (Å²) in [5.74, 6) is -1.42. The quantitative estimate of drug-likeness (QED) is 0.477. The largest absolute Gasteiger partial charge is 0.397 e. The van der Waals surface area contributed by atoms with Gasteiger partial charge >= 0.3 is 0 Å². The van der Waals surface area contributed by atoms with Crippen LogP contribution in [0, 0.1) is 0 Å². The van der Waals surface area contributed by atoms with E-state index in [9.17, 15) is 14.8 Å². The van der Waals surface area contributed by atoms with E-state index in [1.54, 1.807) is 18.2 Å². The number of anilines is 2. The average molecular weight is 297 g/mol. The Kier molecular flexibility index (Phi) is 2.65. The fraction of sp³-hybridized carbons (Fsp3) is 0.250. The molecule has 2 aromatic carbocycles. The smallest absolute Gasteiger partial charge is 0.285 e. The molecule has 6 heteroatoms. The number of carbonyl (C=O) groups is 2. The van der Waals surface area contributed by atoms with Gasteiger partial charge in [-0.3, -0.25) is 14.8 Å². The summed E-state index contributed by atoms with van der Waals surface area (Å²) < 4.78 is 0. The number of hydrogen-bond donors (Lipinski definition) is 2. The number of hydrogen-bond acceptors (Lipinski definition) is 5. The van der Waals surface area contributed by atoms with Gasteiger partial charge in [0.1, 0.15) is 0 Å². The summed E-state index contributed by atoms with van der Waals surface area (Å²) in [6.45, 7) is 1.83. The lowest BCUT2D eigenvalue weighted by Gasteiger charge is -2.27. The minimum atomic E-state index is -0.728. The Labute approximate surface area is 126 Å². The summed E-state index contributed by atoms with van der Waals surface area (Å²) >= 11 is 0. The van der Waals surface area contributed by atoms with E-state index in [-0.39, 0.29) is 10.6 Å². The number of amides is 2. The van der Waals surface area contributed by atoms with Gasteiger partial charge in [-0.05, 0) is 25.0 Å². The third-order valence-corrected chi connectivity index (χ3v) is 4.43. The molecule has 4 rings (SSSR count). The number of carbonyl (C=O) groups excluding carboxylic acids is 2. The third-order valence-electron chi connectivity index (χ3n) is 4.43. The first kappa shape index (κ1) is 13.1. The summed E-state index contributed by atoms with van der Waals surface area (Å²) in [4.78, 5) is 26.5. The second-order valence-electron chi connectivity index (χ2n) is 5.71. The summed E-state index contributed by atoms with van der Waals surface area (Å²) in [7, 11) is 0. The SMILES string of the molecule is Nc1cc2c3c(cccc3c1N1CCCC1)C(=O)N(O)C2=O. The monoisotopic (exact) mass is 297 g/mol. The standard InChI is InChI=1S/C16H15N3O3/c17-12-8-11-13-9(14(12)18-6-1-2-7-18)4-3-5-10(13)15(20)19(22)16(11)21/h3-5,8,22H,1-2,6-7,17H2. The highest BCUT2D eigenvalue weighted by Crippen LogP contribution is 2.40. The zero-order valence-corrected chi connectivity index (χ0v) is 11.9. The Morgan fingerprint density at radius 2 is 1.73 bits per heavy atom. The summed E-state index contributed by atoms with van der Waals surface area (Å²) in [5, 5.41) is 11.2. The summed E-state index contributed by atoms with van der Waals surface area (Å²) in [6.07, 6.45) is 2.20. The predicted molar refractivity (Wildman–Crippen MR) is 82.1 cm³/mol. The van der Waals surface area contributed by atoms with Crippen molar-refractivity contribution >= 4 is 34.0 Å². The van der Waals surface area contributed by atoms with Crippen molar-refractivity contribution in [1.29, 1.82) is 0 Å². The molecule has 112 valence electrons. The van der Waals surface area contributed by atoms with E-state index in [4.69, 9.17) is 5.73 Å². The van der Waals surface area contributed by atoms with Crippen LogP contribution >= 0.6 is 0 Å². The second kappa shape index (κ2) is 4.45. The van der Waals surface area contributed by atoms with E-state index in [0.717, 1.165) is 37.0 Å². The lowest BCUT2D eigenvalue weighted by atomic mass is 9.92. The molecule has 3 N–H and O–H groups in total. The minimum absolute atomic E-state index is 0.159. The molecular weight excluding hydrogens is 282 g/mol. The molecule has 0 atom stereocenters. The van der Waals surface area contributed by atoms with Crippen LogP contribution in [0.1, 0.15) is 33.6 Å². The van der Waals surface area contributed by atoms with E-state index in [1.807, 2.05) is 6.07 Å². The molecule has 22 heavy (non-hydrogen) atoms. The Bertz CT molecular complexity index is 825. The highest BCUT2D eigenvalue weighted by atomic mass is 16.5. The Morgan fingerprint density at radius 1 is 1.05 bits per heavy atom. The number of benzene rings is 2. The van der Waals surface area contributed by atoms with E-state index < -0.39 is 11.8 Å². The van der Waals surface area contributed by atoms with Gasteiger partial charge in [-0.15, -0.1) is 5.06 Å². The van der Waals surface area contributed by atoms with Crippen molar-refractivity contribution in [1.82, 2.24) is 5.06 Å². The molecule has 2 heterocycles. The van der Waals surface area contributed by atoms with Gasteiger partial charge in [-0.25, -0.2) is 0 Å². The number of rotatable bonds is 1. The number of imide groups is 1. The molecule has 0 bridgehead atoms. The molecule has 0 aromatic heterocycles. The van der Waals surface area contributed by atoms with Crippen LogP contribution in [0.5, 0.6) is 0 Å². The van der Waals surface area contributed by atoms with E-state index >= 15 is 0 Å². The number of nitrogen functional groups attached to an aromatic ring is 1.